The number of unbranched alkanes of at least 4 members (excludes halogenated alkanes) is 4. The highest BCUT2D eigenvalue weighted by atomic mass is 32.2. The molecule has 26 N–H and O–H groups in total. The number of aromatic amines is 1. The third-order valence-electron chi connectivity index (χ3n) is 25.4. The standard InChI is InChI=1S/C97H129N19O29S2/c1-7-51(4)80-88(135)101-42-75(124)105-69-47-147-91-61-38-68(84(131)100-43-76(125)113-80)108-90(137)81(52(5)71(120)45-117)115-96(49-118)41-58(119)44-116(96)97(82(129)65(39-72(98)121)106-87(69)134,145-59-28-29-60(61)64(37-59)110-91)40-56-24-26-57(27-25-56)103-83(130)53(6)102-89(136)79(50(2)3)114-77(126)48-146-46-70(94(142)143)109-86(133)67(36-55-21-15-12-16-22-55)107-85(132)66(35-54-19-13-11-14-20-54)104-74(123)23-17-9-8-10-18-34-99-73(122)32-30-62(92(138)139)111-95(144)112-63(93(140)141)31-33-78(127)128/h11-16,19-22,24-29,37,49-53,58,62-63,65-71,79-81,110,115,117,119-120H,7-10,17-18,23,30-36,38-48H2,1-6H3,(H2,98,121)(H,99,122)(H,100,131)(H,101,135)(H,102,136)(H,103,130)(H,104,123)(H,105,124)(H,106,134)(H,107,132)(H,108,137)(H,109,133)(H,113,125)(H,114,126)(H,127,128)(H,138,139)(H,140,141)(H,142,143)(H2,111,112,144)/t51-,52-,53-,58+,62?,63?,65-,66-,67-,68?,69?,70+,71-,79-,80-,81-,96-,97?/m0/s1. The maximum Gasteiger partial charge on any atom is 0.327 e. The second-order valence-electron chi connectivity index (χ2n) is 37.0. The van der Waals surface area contributed by atoms with Crippen molar-refractivity contribution in [1.29, 1.82) is 0 Å². The average molecular weight is 2090 g/mol. The molecule has 18 atom stereocenters. The van der Waals surface area contributed by atoms with Gasteiger partial charge >= 0.3 is 29.9 Å². The molecule has 6 heterocycles. The van der Waals surface area contributed by atoms with Crippen LogP contribution in [0.1, 0.15) is 147 Å². The molecule has 48 nitrogen and oxygen atoms in total. The second kappa shape index (κ2) is 55.4. The van der Waals surface area contributed by atoms with Crippen molar-refractivity contribution in [2.24, 2.45) is 23.5 Å². The van der Waals surface area contributed by atoms with Gasteiger partial charge in [-0.3, -0.25) is 86.8 Å². The molecule has 5 aromatic rings. The van der Waals surface area contributed by atoms with Crippen LogP contribution in [0.25, 0.3) is 10.9 Å². The smallest absolute Gasteiger partial charge is 0.327 e. The zero-order valence-corrected chi connectivity index (χ0v) is 83.5. The van der Waals surface area contributed by atoms with E-state index in [-0.39, 0.29) is 78.0 Å². The van der Waals surface area contributed by atoms with Gasteiger partial charge < -0.3 is 131 Å². The summed E-state index contributed by atoms with van der Waals surface area (Å²) in [5.74, 6) is -23.5. The second-order valence-corrected chi connectivity index (χ2v) is 39.1. The summed E-state index contributed by atoms with van der Waals surface area (Å²) in [6.07, 6.45) is -5.09. The first-order valence-corrected chi connectivity index (χ1v) is 50.3. The number of hydrogen-bond donors (Lipinski definition) is 25. The molecule has 50 heteroatoms. The zero-order valence-electron chi connectivity index (χ0n) is 81.8. The Hall–Kier alpha value is -14.2. The number of thioether (sulfide) groups is 2. The highest BCUT2D eigenvalue weighted by Crippen LogP contribution is 2.42. The number of rotatable bonds is 48. The monoisotopic (exact) mass is 2090 g/mol. The molecule has 798 valence electrons. The van der Waals surface area contributed by atoms with Crippen LogP contribution in [0.4, 0.5) is 10.5 Å². The van der Waals surface area contributed by atoms with Crippen molar-refractivity contribution in [3.63, 3.8) is 0 Å². The number of aldehydes is 1. The topological polar surface area (TPSA) is 747 Å². The summed E-state index contributed by atoms with van der Waals surface area (Å²) < 4.78 is 7.12. The summed E-state index contributed by atoms with van der Waals surface area (Å²) in [4.78, 5) is 294. The fourth-order valence-electron chi connectivity index (χ4n) is 17.1. The number of nitrogens with two attached hydrogens (primary N) is 1. The Morgan fingerprint density at radius 3 is 1.80 bits per heavy atom. The van der Waals surface area contributed by atoms with E-state index in [4.69, 9.17) is 15.6 Å². The van der Waals surface area contributed by atoms with Crippen molar-refractivity contribution in [2.75, 3.05) is 55.4 Å². The Kier molecular flexibility index (Phi) is 43.8. The molecule has 0 spiro atoms. The van der Waals surface area contributed by atoms with Crippen LogP contribution in [0.3, 0.4) is 0 Å². The molecule has 10 rings (SSSR count). The number of nitrogens with zero attached hydrogens (tertiary/aromatic N) is 1. The first kappa shape index (κ1) is 116. The number of aliphatic carboxylic acids is 4. The van der Waals surface area contributed by atoms with E-state index >= 15 is 14.4 Å². The summed E-state index contributed by atoms with van der Waals surface area (Å²) in [7, 11) is 0. The van der Waals surface area contributed by atoms with Gasteiger partial charge in [0.1, 0.15) is 77.9 Å². The lowest BCUT2D eigenvalue weighted by molar-refractivity contribution is -0.174. The van der Waals surface area contributed by atoms with Crippen LogP contribution < -0.4 is 95.5 Å². The van der Waals surface area contributed by atoms with Crippen LogP contribution in [0.5, 0.6) is 5.75 Å². The number of ether oxygens (including phenoxy) is 1. The average Bonchev–Trinajstić information content (AvgIpc) is 1.60. The molecule has 16 amide bonds. The Morgan fingerprint density at radius 1 is 0.605 bits per heavy atom. The van der Waals surface area contributed by atoms with Gasteiger partial charge in [-0.1, -0.05) is 133 Å². The Labute approximate surface area is 853 Å². The van der Waals surface area contributed by atoms with Gasteiger partial charge in [-0.15, -0.1) is 23.5 Å². The van der Waals surface area contributed by atoms with Gasteiger partial charge in [0, 0.05) is 99.0 Å². The Bertz CT molecular complexity index is 5590. The lowest BCUT2D eigenvalue weighted by Gasteiger charge is -2.49. The number of ketones is 1. The number of aromatic nitrogens is 1. The van der Waals surface area contributed by atoms with Crippen molar-refractivity contribution in [1.82, 2.24) is 89.6 Å². The van der Waals surface area contributed by atoms with E-state index in [0.29, 0.717) is 55.0 Å². The molecule has 1 saturated heterocycles. The number of carboxylic acid groups (broad SMARTS) is 4. The molecule has 0 aliphatic carbocycles. The lowest BCUT2D eigenvalue weighted by Crippen LogP contribution is -2.75. The number of nitrogens with one attached hydrogen (secondary N) is 17. The molecule has 0 saturated carbocycles. The summed E-state index contributed by atoms with van der Waals surface area (Å²) >= 11 is 1.70. The molecule has 0 radical (unpaired) electrons. The lowest BCUT2D eigenvalue weighted by atomic mass is 9.87. The van der Waals surface area contributed by atoms with Gasteiger partial charge in [-0.2, -0.15) is 0 Å². The molecule has 5 aliphatic rings. The number of benzene rings is 4. The van der Waals surface area contributed by atoms with Crippen LogP contribution in [-0.2, 0) is 122 Å². The van der Waals surface area contributed by atoms with Crippen molar-refractivity contribution < 1.29 is 141 Å². The van der Waals surface area contributed by atoms with E-state index in [2.05, 4.69) is 84.7 Å². The predicted octanol–water partition coefficient (Wildman–Crippen LogP) is -2.62. The normalized spacial score (nSPS) is 21.4. The minimum atomic E-state index is -2.85. The number of urea groups is 1. The van der Waals surface area contributed by atoms with E-state index in [1.165, 1.54) is 56.3 Å². The fraction of sp³-hybridized carbons (Fsp3) is 0.515. The summed E-state index contributed by atoms with van der Waals surface area (Å²) in [6.45, 7) is 6.15. The van der Waals surface area contributed by atoms with Gasteiger partial charge in [-0.25, -0.2) is 24.1 Å². The van der Waals surface area contributed by atoms with Crippen molar-refractivity contribution >= 4 is 165 Å². The molecule has 1 fully saturated rings. The van der Waals surface area contributed by atoms with Crippen molar-refractivity contribution in [3.05, 3.63) is 125 Å². The summed E-state index contributed by atoms with van der Waals surface area (Å²) in [5, 5.41) is 114. The van der Waals surface area contributed by atoms with Crippen LogP contribution in [0.15, 0.2) is 108 Å². The molecule has 5 aliphatic heterocycles. The molecular formula is C97H129N19O29S2. The molecule has 147 heavy (non-hydrogen) atoms. The molecule has 8 bridgehead atoms. The van der Waals surface area contributed by atoms with E-state index in [1.807, 2.05) is 5.32 Å². The van der Waals surface area contributed by atoms with Crippen molar-refractivity contribution in [3.8, 4) is 5.75 Å². The molecule has 5 unspecified atom stereocenters. The number of aliphatic hydroxyl groups is 3. The third-order valence-corrected chi connectivity index (χ3v) is 27.6. The zero-order chi connectivity index (χ0) is 108. The highest BCUT2D eigenvalue weighted by molar-refractivity contribution is 8.00. The maximum atomic E-state index is 16.8. The molecular weight excluding hydrogens is 1960 g/mol. The highest BCUT2D eigenvalue weighted by Gasteiger charge is 2.62. The molecule has 1 aromatic heterocycles. The Morgan fingerprint density at radius 2 is 1.20 bits per heavy atom. The summed E-state index contributed by atoms with van der Waals surface area (Å²) in [6, 6.07) is 6.88. The number of H-pyrrole nitrogens is 1. The van der Waals surface area contributed by atoms with E-state index in [0.717, 1.165) is 28.4 Å². The predicted molar refractivity (Wildman–Crippen MR) is 529 cm³/mol. The number of carbonyl (C=O) groups is 21. The maximum absolute atomic E-state index is 16.8. The number of fused-ring (bicyclic) bond motifs is 6. The number of hydrogen-bond acceptors (Lipinski definition) is 29. The number of anilines is 1. The minimum Gasteiger partial charge on any atom is -0.481 e. The largest absolute Gasteiger partial charge is 0.481 e. The van der Waals surface area contributed by atoms with Crippen LogP contribution in [0, 0.1) is 17.8 Å². The molecule has 4 aromatic carbocycles. The number of primary amides is 1. The first-order valence-electron chi connectivity index (χ1n) is 48.2. The quantitative estimate of drug-likeness (QED) is 0.0140. The number of Topliss-reactive ketones (excluding diaryl/α,β-unsaturated/α-hetero) is 1. The van der Waals surface area contributed by atoms with Gasteiger partial charge in [0.25, 0.3) is 0 Å². The number of carbonyl (C=O) groups excluding carboxylic acids is 17. The van der Waals surface area contributed by atoms with E-state index in [1.54, 1.807) is 88.4 Å². The van der Waals surface area contributed by atoms with Gasteiger partial charge in [0.05, 0.1) is 60.7 Å². The number of amides is 16. The number of aliphatic hydroxyl groups excluding tert-OH is 3. The third kappa shape index (κ3) is 33.9. The van der Waals surface area contributed by atoms with Gasteiger partial charge in [-0.05, 0) is 91.0 Å². The van der Waals surface area contributed by atoms with Crippen molar-refractivity contribution in [2.45, 2.75) is 252 Å². The fourth-order valence-corrected chi connectivity index (χ4v) is 19.1. The van der Waals surface area contributed by atoms with Crippen LogP contribution in [0.2, 0.25) is 0 Å². The van der Waals surface area contributed by atoms with E-state index < -0.39 is 314 Å². The Balaban J connectivity index is 0.868. The SMILES string of the molecule is CC[C@H](C)[C@@H]1NC(=O)CNC(=O)C2Cc3c4[nH]c5cc(ccc35)OC(Cc3ccc(NC(=O)[C@H](C)NC(=O)[C@@H](NC(=O)CSC[C@@H](NC(=O)[C@H](Cc5ccccc5)NC(=O)[C@H](Cc5ccccc5)NC(=O)CCCCCCCNC(=O)CCC(NC(=O)NC(CCC(=O)O)C(=O)O)C(=O)O)C(=O)O)C(C)C)cc3)(C(=O)[C@H](CC(N)=O)NC(=O)C(CS4)NC(=O)CNC1=O)N1C[C@H](O)C[C@]1(C=O)N[C@@H]([C@@H](C)[C@@H](O)CO)C(=O)N2. The first-order chi connectivity index (χ1) is 69.8. The van der Waals surface area contributed by atoms with E-state index in [9.17, 15) is 117 Å². The van der Waals surface area contributed by atoms with Crippen LogP contribution >= 0.6 is 23.5 Å². The number of carboxylic acids is 4. The van der Waals surface area contributed by atoms with Crippen LogP contribution in [-0.4, -0.2) is 316 Å². The van der Waals surface area contributed by atoms with Gasteiger partial charge in [0.15, 0.2) is 6.29 Å². The minimum absolute atomic E-state index is 0.0230. The van der Waals surface area contributed by atoms with Gasteiger partial charge in [0.2, 0.25) is 94.2 Å². The summed E-state index contributed by atoms with van der Waals surface area (Å²) in [5.41, 5.74) is 2.42.